The first-order valence-electron chi connectivity index (χ1n) is 6.63. The molecule has 2 heterocycles. The van der Waals surface area contributed by atoms with Crippen molar-refractivity contribution in [2.24, 2.45) is 0 Å². The molecule has 0 fully saturated rings. The molecule has 0 aliphatic heterocycles. The van der Waals surface area contributed by atoms with Gasteiger partial charge in [0.05, 0.1) is 17.9 Å². The normalized spacial score (nSPS) is 10.3. The molecular weight excluding hydrogens is 272 g/mol. The summed E-state index contributed by atoms with van der Waals surface area (Å²) in [6.45, 7) is 5.10. The van der Waals surface area contributed by atoms with Crippen LogP contribution in [-0.4, -0.2) is 27.4 Å². The standard InChI is InChI=1S/C14H18N4OS/c1-3-11-10-20-13(16-11)17-14(19)18(4-2)9-12-7-5-6-8-15-12/h5-8,10H,3-4,9H2,1-2H3,(H,16,17,19). The Balaban J connectivity index is 1.98. The summed E-state index contributed by atoms with van der Waals surface area (Å²) in [7, 11) is 0. The van der Waals surface area contributed by atoms with E-state index in [9.17, 15) is 4.79 Å². The number of urea groups is 1. The van der Waals surface area contributed by atoms with E-state index < -0.39 is 0 Å². The van der Waals surface area contributed by atoms with Crippen molar-refractivity contribution < 1.29 is 4.79 Å². The van der Waals surface area contributed by atoms with Gasteiger partial charge < -0.3 is 4.90 Å². The van der Waals surface area contributed by atoms with Crippen LogP contribution >= 0.6 is 11.3 Å². The first kappa shape index (κ1) is 14.5. The van der Waals surface area contributed by atoms with Crippen LogP contribution in [0, 0.1) is 0 Å². The summed E-state index contributed by atoms with van der Waals surface area (Å²) in [5, 5.41) is 5.44. The molecule has 0 aromatic carbocycles. The van der Waals surface area contributed by atoms with Crippen molar-refractivity contribution in [3.8, 4) is 0 Å². The molecule has 5 nitrogen and oxygen atoms in total. The lowest BCUT2D eigenvalue weighted by Gasteiger charge is -2.20. The van der Waals surface area contributed by atoms with E-state index in [1.165, 1.54) is 11.3 Å². The molecule has 20 heavy (non-hydrogen) atoms. The molecule has 106 valence electrons. The number of pyridine rings is 1. The predicted octanol–water partition coefficient (Wildman–Crippen LogP) is 3.15. The number of anilines is 1. The lowest BCUT2D eigenvalue weighted by Crippen LogP contribution is -2.34. The number of carbonyl (C=O) groups is 1. The van der Waals surface area contributed by atoms with Gasteiger partial charge in [0.1, 0.15) is 0 Å². The molecule has 6 heteroatoms. The Bertz CT molecular complexity index is 555. The molecule has 0 aliphatic rings. The Morgan fingerprint density at radius 3 is 2.80 bits per heavy atom. The molecule has 2 rings (SSSR count). The second kappa shape index (κ2) is 7.00. The van der Waals surface area contributed by atoms with Crippen molar-refractivity contribution >= 4 is 22.5 Å². The van der Waals surface area contributed by atoms with Crippen LogP contribution in [0.5, 0.6) is 0 Å². The van der Waals surface area contributed by atoms with Crippen LogP contribution in [0.3, 0.4) is 0 Å². The van der Waals surface area contributed by atoms with E-state index in [0.29, 0.717) is 18.2 Å². The molecule has 0 spiro atoms. The van der Waals surface area contributed by atoms with E-state index in [4.69, 9.17) is 0 Å². The minimum atomic E-state index is -0.143. The first-order chi connectivity index (χ1) is 9.72. The number of amides is 2. The number of aryl methyl sites for hydroxylation is 1. The largest absolute Gasteiger partial charge is 0.323 e. The van der Waals surface area contributed by atoms with Gasteiger partial charge >= 0.3 is 6.03 Å². The van der Waals surface area contributed by atoms with E-state index in [1.54, 1.807) is 11.1 Å². The van der Waals surface area contributed by atoms with Crippen LogP contribution in [0.1, 0.15) is 25.2 Å². The Kier molecular flexibility index (Phi) is 5.06. The van der Waals surface area contributed by atoms with Crippen molar-refractivity contribution in [3.05, 3.63) is 41.2 Å². The maximum Gasteiger partial charge on any atom is 0.323 e. The monoisotopic (exact) mass is 290 g/mol. The van der Waals surface area contributed by atoms with Crippen molar-refractivity contribution in [2.75, 3.05) is 11.9 Å². The van der Waals surface area contributed by atoms with Gasteiger partial charge in [0.2, 0.25) is 0 Å². The maximum absolute atomic E-state index is 12.2. The van der Waals surface area contributed by atoms with Crippen LogP contribution in [0.25, 0.3) is 0 Å². The zero-order valence-electron chi connectivity index (χ0n) is 11.7. The predicted molar refractivity (Wildman–Crippen MR) is 80.8 cm³/mol. The van der Waals surface area contributed by atoms with Crippen LogP contribution in [0.15, 0.2) is 29.8 Å². The molecule has 0 saturated carbocycles. The van der Waals surface area contributed by atoms with Crippen molar-refractivity contribution in [3.63, 3.8) is 0 Å². The van der Waals surface area contributed by atoms with E-state index in [2.05, 4.69) is 15.3 Å². The SMILES string of the molecule is CCc1csc(NC(=O)N(CC)Cc2ccccn2)n1. The summed E-state index contributed by atoms with van der Waals surface area (Å²) in [5.74, 6) is 0. The van der Waals surface area contributed by atoms with Crippen molar-refractivity contribution in [1.29, 1.82) is 0 Å². The maximum atomic E-state index is 12.2. The molecule has 0 unspecified atom stereocenters. The van der Waals surface area contributed by atoms with Gasteiger partial charge in [-0.1, -0.05) is 13.0 Å². The highest BCUT2D eigenvalue weighted by atomic mass is 32.1. The molecule has 2 aromatic rings. The molecule has 0 aliphatic carbocycles. The van der Waals surface area contributed by atoms with Gasteiger partial charge in [-0.25, -0.2) is 9.78 Å². The number of rotatable bonds is 5. The van der Waals surface area contributed by atoms with E-state index in [-0.39, 0.29) is 6.03 Å². The van der Waals surface area contributed by atoms with Gasteiger partial charge in [-0.3, -0.25) is 10.3 Å². The Hall–Kier alpha value is -1.95. The number of thiazole rings is 1. The van der Waals surface area contributed by atoms with Crippen LogP contribution in [-0.2, 0) is 13.0 Å². The van der Waals surface area contributed by atoms with Crippen molar-refractivity contribution in [1.82, 2.24) is 14.9 Å². The molecular formula is C14H18N4OS. The highest BCUT2D eigenvalue weighted by Gasteiger charge is 2.14. The molecule has 2 amide bonds. The minimum absolute atomic E-state index is 0.143. The molecule has 0 atom stereocenters. The van der Waals surface area contributed by atoms with Gasteiger partial charge in [0.25, 0.3) is 0 Å². The molecule has 0 radical (unpaired) electrons. The summed E-state index contributed by atoms with van der Waals surface area (Å²) in [4.78, 5) is 22.5. The zero-order chi connectivity index (χ0) is 14.4. The number of nitrogens with zero attached hydrogens (tertiary/aromatic N) is 3. The number of hydrogen-bond donors (Lipinski definition) is 1. The Morgan fingerprint density at radius 1 is 1.35 bits per heavy atom. The summed E-state index contributed by atoms with van der Waals surface area (Å²) >= 11 is 1.45. The van der Waals surface area contributed by atoms with Gasteiger partial charge in [0, 0.05) is 18.1 Å². The summed E-state index contributed by atoms with van der Waals surface area (Å²) < 4.78 is 0. The van der Waals surface area contributed by atoms with Crippen molar-refractivity contribution in [2.45, 2.75) is 26.8 Å². The number of carbonyl (C=O) groups excluding carboxylic acids is 1. The Labute approximate surface area is 122 Å². The summed E-state index contributed by atoms with van der Waals surface area (Å²) in [6.07, 6.45) is 2.60. The van der Waals surface area contributed by atoms with Crippen LogP contribution < -0.4 is 5.32 Å². The second-order valence-electron chi connectivity index (χ2n) is 4.26. The second-order valence-corrected chi connectivity index (χ2v) is 5.12. The van der Waals surface area contributed by atoms with Gasteiger partial charge in [0.15, 0.2) is 5.13 Å². The fourth-order valence-electron chi connectivity index (χ4n) is 1.71. The van der Waals surface area contributed by atoms with Gasteiger partial charge in [-0.05, 0) is 25.5 Å². The number of aromatic nitrogens is 2. The Morgan fingerprint density at radius 2 is 2.20 bits per heavy atom. The minimum Gasteiger partial charge on any atom is -0.319 e. The zero-order valence-corrected chi connectivity index (χ0v) is 12.5. The number of nitrogens with one attached hydrogen (secondary N) is 1. The third-order valence-corrected chi connectivity index (χ3v) is 3.68. The fourth-order valence-corrected chi connectivity index (χ4v) is 2.49. The first-order valence-corrected chi connectivity index (χ1v) is 7.51. The van der Waals surface area contributed by atoms with Crippen LogP contribution in [0.2, 0.25) is 0 Å². The van der Waals surface area contributed by atoms with E-state index in [0.717, 1.165) is 17.8 Å². The smallest absolute Gasteiger partial charge is 0.319 e. The fraction of sp³-hybridized carbons (Fsp3) is 0.357. The highest BCUT2D eigenvalue weighted by molar-refractivity contribution is 7.13. The topological polar surface area (TPSA) is 58.1 Å². The summed E-state index contributed by atoms with van der Waals surface area (Å²) in [6, 6.07) is 5.55. The highest BCUT2D eigenvalue weighted by Crippen LogP contribution is 2.16. The summed E-state index contributed by atoms with van der Waals surface area (Å²) in [5.41, 5.74) is 1.87. The third-order valence-electron chi connectivity index (χ3n) is 2.88. The van der Waals surface area contributed by atoms with E-state index in [1.807, 2.05) is 37.4 Å². The van der Waals surface area contributed by atoms with Gasteiger partial charge in [-0.15, -0.1) is 11.3 Å². The molecule has 0 saturated heterocycles. The quantitative estimate of drug-likeness (QED) is 0.920. The van der Waals surface area contributed by atoms with Gasteiger partial charge in [-0.2, -0.15) is 0 Å². The van der Waals surface area contributed by atoms with E-state index >= 15 is 0 Å². The molecule has 0 bridgehead atoms. The third kappa shape index (κ3) is 3.77. The lowest BCUT2D eigenvalue weighted by molar-refractivity contribution is 0.211. The van der Waals surface area contributed by atoms with Crippen LogP contribution in [0.4, 0.5) is 9.93 Å². The average Bonchev–Trinajstić information content (AvgIpc) is 2.93. The molecule has 2 aromatic heterocycles. The molecule has 1 N–H and O–H groups in total. The average molecular weight is 290 g/mol. The number of hydrogen-bond acceptors (Lipinski definition) is 4. The lowest BCUT2D eigenvalue weighted by atomic mass is 10.3.